The van der Waals surface area contributed by atoms with Gasteiger partial charge in [-0.15, -0.1) is 0 Å². The lowest BCUT2D eigenvalue weighted by atomic mass is 9.89. The second-order valence-electron chi connectivity index (χ2n) is 15.9. The number of aromatic nitrogens is 1. The third kappa shape index (κ3) is 9.68. The molecule has 0 spiro atoms. The highest BCUT2D eigenvalue weighted by Gasteiger charge is 2.39. The van der Waals surface area contributed by atoms with E-state index >= 15 is 0 Å². The molecule has 318 valence electrons. The number of anilines is 1. The van der Waals surface area contributed by atoms with Crippen LogP contribution in [0, 0.1) is 0 Å². The fraction of sp³-hybridized carbons (Fsp3) is 0.260. The third-order valence-electron chi connectivity index (χ3n) is 11.6. The number of amides is 1. The number of carbonyl (C=O) groups is 2. The summed E-state index contributed by atoms with van der Waals surface area (Å²) in [4.78, 5) is 35.8. The van der Waals surface area contributed by atoms with Crippen LogP contribution in [0.15, 0.2) is 128 Å². The molecule has 2 aliphatic rings. The van der Waals surface area contributed by atoms with Crippen LogP contribution in [0.5, 0.6) is 17.2 Å². The van der Waals surface area contributed by atoms with E-state index in [1.54, 1.807) is 12.1 Å². The van der Waals surface area contributed by atoms with Crippen molar-refractivity contribution in [1.29, 1.82) is 0 Å². The number of carbonyl (C=O) groups excluding carboxylic acids is 1. The highest BCUT2D eigenvalue weighted by atomic mass is 35.5. The van der Waals surface area contributed by atoms with E-state index in [9.17, 15) is 14.7 Å². The summed E-state index contributed by atoms with van der Waals surface area (Å²) in [6, 6.07) is 37.1. The zero-order chi connectivity index (χ0) is 43.3. The van der Waals surface area contributed by atoms with Crippen molar-refractivity contribution in [3.05, 3.63) is 171 Å². The van der Waals surface area contributed by atoms with Gasteiger partial charge in [0, 0.05) is 44.9 Å². The van der Waals surface area contributed by atoms with Crippen LogP contribution in [0.4, 0.5) is 5.82 Å². The molecule has 0 saturated heterocycles. The molecule has 6 aromatic rings. The fourth-order valence-corrected chi connectivity index (χ4v) is 8.50. The summed E-state index contributed by atoms with van der Waals surface area (Å²) in [7, 11) is 3.89. The quantitative estimate of drug-likeness (QED) is 0.110. The summed E-state index contributed by atoms with van der Waals surface area (Å²) < 4.78 is 18.9. The maximum atomic E-state index is 14.4. The minimum absolute atomic E-state index is 0.101. The van der Waals surface area contributed by atoms with Crippen LogP contribution in [-0.4, -0.2) is 59.7 Å². The van der Waals surface area contributed by atoms with Gasteiger partial charge in [-0.05, 0) is 100 Å². The summed E-state index contributed by atoms with van der Waals surface area (Å²) in [5, 5.41) is 14.3. The van der Waals surface area contributed by atoms with E-state index in [4.69, 9.17) is 37.4 Å². The van der Waals surface area contributed by atoms with Gasteiger partial charge < -0.3 is 29.5 Å². The Morgan fingerprint density at radius 3 is 2.27 bits per heavy atom. The van der Waals surface area contributed by atoms with Crippen molar-refractivity contribution >= 4 is 40.9 Å². The lowest BCUT2D eigenvalue weighted by Gasteiger charge is -2.42. The van der Waals surface area contributed by atoms with Crippen molar-refractivity contribution in [2.75, 3.05) is 25.6 Å². The van der Waals surface area contributed by atoms with E-state index < -0.39 is 18.1 Å². The number of carboxylic acids is 1. The molecule has 4 atom stereocenters. The number of hydrogen-bond donors (Lipinski definition) is 2. The number of hydrogen-bond acceptors (Lipinski definition) is 8. The number of rotatable bonds is 14. The fourth-order valence-electron chi connectivity index (χ4n) is 8.18. The van der Waals surface area contributed by atoms with E-state index in [1.807, 2.05) is 122 Å². The van der Waals surface area contributed by atoms with Crippen LogP contribution in [0.1, 0.15) is 58.9 Å². The number of carboxylic acid groups (broad SMARTS) is 1. The number of pyridine rings is 1. The standard InChI is InChI=1S/C50H48Cl2N4O6/c1-4-43(34-8-6-5-7-9-34)56-28-38-26-46-45(61-30-47(62-46)35-15-18-39(19-16-35)60-29-32-12-20-40(51)41(52)22-32)25-37(38)24-44(56)49(57)54-42(50(58)59)23-31-10-13-33(14-11-31)36-17-21-48(53-27-36)55(2)3/h5-22,25-27,42-44,47H,4,23-24,28-30H2,1-3H3,(H,54,57)(H,58,59). The van der Waals surface area contributed by atoms with E-state index in [0.717, 1.165) is 56.7 Å². The van der Waals surface area contributed by atoms with Gasteiger partial charge in [0.05, 0.1) is 16.1 Å². The Balaban J connectivity index is 0.982. The molecule has 2 N–H and O–H groups in total. The van der Waals surface area contributed by atoms with Gasteiger partial charge in [-0.1, -0.05) is 103 Å². The SMILES string of the molecule is CCC(c1ccccc1)N1Cc2cc3c(cc2CC1C(=O)NC(Cc1ccc(-c2ccc(N(C)C)nc2)cc1)C(=O)O)OCC(c1ccc(OCc2ccc(Cl)c(Cl)c2)cc1)O3. The Morgan fingerprint density at radius 1 is 0.871 bits per heavy atom. The first-order chi connectivity index (χ1) is 30.0. The summed E-state index contributed by atoms with van der Waals surface area (Å²) in [5.41, 5.74) is 7.65. The molecular weight excluding hydrogens is 823 g/mol. The summed E-state index contributed by atoms with van der Waals surface area (Å²) in [6.45, 7) is 3.21. The Morgan fingerprint density at radius 2 is 1.60 bits per heavy atom. The number of nitrogens with zero attached hydrogens (tertiary/aromatic N) is 3. The predicted molar refractivity (Wildman–Crippen MR) is 242 cm³/mol. The van der Waals surface area contributed by atoms with Crippen LogP contribution in [0.3, 0.4) is 0 Å². The second-order valence-corrected chi connectivity index (χ2v) is 16.7. The van der Waals surface area contributed by atoms with Crippen molar-refractivity contribution < 1.29 is 28.9 Å². The molecule has 0 saturated carbocycles. The first-order valence-electron chi connectivity index (χ1n) is 20.7. The van der Waals surface area contributed by atoms with Crippen LogP contribution in [-0.2, 0) is 35.6 Å². The van der Waals surface area contributed by atoms with Gasteiger partial charge in [0.2, 0.25) is 5.91 Å². The predicted octanol–water partition coefficient (Wildman–Crippen LogP) is 9.90. The molecule has 8 rings (SSSR count). The molecule has 3 heterocycles. The van der Waals surface area contributed by atoms with Crippen molar-refractivity contribution in [1.82, 2.24) is 15.2 Å². The molecule has 62 heavy (non-hydrogen) atoms. The molecule has 2 aliphatic heterocycles. The highest BCUT2D eigenvalue weighted by molar-refractivity contribution is 6.42. The normalized spacial score (nSPS) is 16.7. The van der Waals surface area contributed by atoms with Gasteiger partial charge in [0.15, 0.2) is 17.6 Å². The Bertz CT molecular complexity index is 2520. The molecule has 1 aromatic heterocycles. The number of fused-ring (bicyclic) bond motifs is 2. The van der Waals surface area contributed by atoms with E-state index in [-0.39, 0.29) is 24.5 Å². The molecule has 1 amide bonds. The average molecular weight is 872 g/mol. The van der Waals surface area contributed by atoms with Gasteiger partial charge in [-0.2, -0.15) is 0 Å². The zero-order valence-corrected chi connectivity index (χ0v) is 36.3. The first kappa shape index (κ1) is 42.6. The summed E-state index contributed by atoms with van der Waals surface area (Å²) in [5.74, 6) is 1.38. The topological polar surface area (TPSA) is 113 Å². The monoisotopic (exact) mass is 870 g/mol. The van der Waals surface area contributed by atoms with Crippen molar-refractivity contribution in [2.45, 2.75) is 63.6 Å². The Kier molecular flexibility index (Phi) is 13.0. The lowest BCUT2D eigenvalue weighted by molar-refractivity contribution is -0.143. The van der Waals surface area contributed by atoms with Crippen molar-refractivity contribution in [3.8, 4) is 28.4 Å². The zero-order valence-electron chi connectivity index (χ0n) is 34.8. The highest BCUT2D eigenvalue weighted by Crippen LogP contribution is 2.43. The van der Waals surface area contributed by atoms with Crippen molar-refractivity contribution in [3.63, 3.8) is 0 Å². The molecule has 5 aromatic carbocycles. The van der Waals surface area contributed by atoms with Gasteiger partial charge in [-0.3, -0.25) is 9.69 Å². The molecule has 0 fully saturated rings. The molecule has 4 unspecified atom stereocenters. The molecule has 12 heteroatoms. The van der Waals surface area contributed by atoms with Crippen LogP contribution in [0.2, 0.25) is 10.0 Å². The minimum atomic E-state index is -1.13. The average Bonchev–Trinajstić information content (AvgIpc) is 3.29. The van der Waals surface area contributed by atoms with Gasteiger partial charge in [0.25, 0.3) is 0 Å². The smallest absolute Gasteiger partial charge is 0.326 e. The van der Waals surface area contributed by atoms with E-state index in [0.29, 0.717) is 53.5 Å². The Labute approximate surface area is 372 Å². The molecule has 0 bridgehead atoms. The third-order valence-corrected chi connectivity index (χ3v) is 12.3. The van der Waals surface area contributed by atoms with Gasteiger partial charge >= 0.3 is 5.97 Å². The van der Waals surface area contributed by atoms with E-state index in [1.165, 1.54) is 0 Å². The van der Waals surface area contributed by atoms with Gasteiger partial charge in [0.1, 0.15) is 30.8 Å². The number of benzene rings is 5. The van der Waals surface area contributed by atoms with Gasteiger partial charge in [-0.25, -0.2) is 9.78 Å². The first-order valence-corrected chi connectivity index (χ1v) is 21.5. The number of nitrogens with one attached hydrogen (secondary N) is 1. The summed E-state index contributed by atoms with van der Waals surface area (Å²) >= 11 is 12.2. The molecule has 0 radical (unpaired) electrons. The molecule has 0 aliphatic carbocycles. The largest absolute Gasteiger partial charge is 0.489 e. The number of halogens is 2. The number of aliphatic carboxylic acids is 1. The van der Waals surface area contributed by atoms with E-state index in [2.05, 4.69) is 34.3 Å². The number of ether oxygens (including phenoxy) is 3. The molecular formula is C50H48Cl2N4O6. The maximum Gasteiger partial charge on any atom is 0.326 e. The Hall–Kier alpha value is -6.07. The lowest BCUT2D eigenvalue weighted by Crippen LogP contribution is -2.55. The summed E-state index contributed by atoms with van der Waals surface area (Å²) in [6.07, 6.45) is 2.72. The maximum absolute atomic E-state index is 14.4. The van der Waals surface area contributed by atoms with Crippen molar-refractivity contribution in [2.24, 2.45) is 0 Å². The minimum Gasteiger partial charge on any atom is -0.489 e. The van der Waals surface area contributed by atoms with Crippen LogP contribution in [0.25, 0.3) is 11.1 Å². The van der Waals surface area contributed by atoms with Crippen LogP contribution < -0.4 is 24.4 Å². The second kappa shape index (κ2) is 18.9. The molecule has 10 nitrogen and oxygen atoms in total. The van der Waals surface area contributed by atoms with Crippen LogP contribution >= 0.6 is 23.2 Å².